The van der Waals surface area contributed by atoms with Gasteiger partial charge in [0.25, 0.3) is 5.89 Å². The van der Waals surface area contributed by atoms with Gasteiger partial charge in [0.05, 0.1) is 18.8 Å². The molecule has 0 spiro atoms. The maximum atomic E-state index is 6.04. The first kappa shape index (κ1) is 14.5. The molecule has 2 N–H and O–H groups in total. The summed E-state index contributed by atoms with van der Waals surface area (Å²) in [6, 6.07) is 5.24. The number of ether oxygens (including phenoxy) is 1. The number of nitrogens with zero attached hydrogens (tertiary/aromatic N) is 2. The first-order chi connectivity index (χ1) is 10.1. The lowest BCUT2D eigenvalue weighted by Gasteiger charge is -2.26. The second-order valence-electron chi connectivity index (χ2n) is 5.47. The Morgan fingerprint density at radius 2 is 2.24 bits per heavy atom. The van der Waals surface area contributed by atoms with Gasteiger partial charge < -0.3 is 15.0 Å². The lowest BCUT2D eigenvalue weighted by atomic mass is 9.96. The summed E-state index contributed by atoms with van der Waals surface area (Å²) in [4.78, 5) is 4.34. The van der Waals surface area contributed by atoms with Gasteiger partial charge in [-0.3, -0.25) is 0 Å². The Labute approximate surface area is 128 Å². The van der Waals surface area contributed by atoms with Crippen molar-refractivity contribution < 1.29 is 9.26 Å². The number of hydrogen-bond donors (Lipinski definition) is 1. The van der Waals surface area contributed by atoms with Crippen LogP contribution in [0.1, 0.15) is 36.7 Å². The van der Waals surface area contributed by atoms with E-state index >= 15 is 0 Å². The van der Waals surface area contributed by atoms with E-state index in [9.17, 15) is 0 Å². The molecule has 0 radical (unpaired) electrons. The molecular weight excluding hydrogens is 290 g/mol. The van der Waals surface area contributed by atoms with E-state index in [4.69, 9.17) is 26.6 Å². The van der Waals surface area contributed by atoms with Gasteiger partial charge >= 0.3 is 0 Å². The van der Waals surface area contributed by atoms with Gasteiger partial charge in [0.15, 0.2) is 5.82 Å². The molecular formula is C15H18ClN3O2. The van der Waals surface area contributed by atoms with Gasteiger partial charge in [-0.15, -0.1) is 0 Å². The summed E-state index contributed by atoms with van der Waals surface area (Å²) < 4.78 is 11.0. The van der Waals surface area contributed by atoms with Gasteiger partial charge in [0.1, 0.15) is 0 Å². The normalized spacial score (nSPS) is 16.7. The van der Waals surface area contributed by atoms with Crippen molar-refractivity contribution >= 4 is 11.6 Å². The van der Waals surface area contributed by atoms with Gasteiger partial charge in [0, 0.05) is 10.6 Å². The number of hydrogen-bond acceptors (Lipinski definition) is 5. The van der Waals surface area contributed by atoms with Crippen molar-refractivity contribution in [3.8, 4) is 11.5 Å². The smallest absolute Gasteiger partial charge is 0.258 e. The van der Waals surface area contributed by atoms with E-state index in [-0.39, 0.29) is 6.04 Å². The zero-order valence-corrected chi connectivity index (χ0v) is 12.6. The Hall–Kier alpha value is -1.43. The molecule has 1 aliphatic rings. The topological polar surface area (TPSA) is 74.2 Å². The molecule has 1 aliphatic carbocycles. The quantitative estimate of drug-likeness (QED) is 0.917. The van der Waals surface area contributed by atoms with E-state index in [1.54, 1.807) is 6.07 Å². The SMILES string of the molecule is Cc1cc(Cl)cc(-c2nc(C(N)COC3CCC3)no2)c1. The number of aryl methyl sites for hydroxylation is 1. The molecule has 1 aromatic carbocycles. The van der Waals surface area contributed by atoms with Crippen molar-refractivity contribution in [3.63, 3.8) is 0 Å². The largest absolute Gasteiger partial charge is 0.376 e. The maximum absolute atomic E-state index is 6.04. The minimum Gasteiger partial charge on any atom is -0.376 e. The highest BCUT2D eigenvalue weighted by atomic mass is 35.5. The predicted molar refractivity (Wildman–Crippen MR) is 80.0 cm³/mol. The molecule has 1 fully saturated rings. The van der Waals surface area contributed by atoms with Crippen LogP contribution in [-0.4, -0.2) is 22.9 Å². The van der Waals surface area contributed by atoms with E-state index in [0.29, 0.717) is 29.4 Å². The van der Waals surface area contributed by atoms with Crippen LogP contribution in [0.4, 0.5) is 0 Å². The average molecular weight is 308 g/mol. The Kier molecular flexibility index (Phi) is 4.24. The third-order valence-corrected chi connectivity index (χ3v) is 3.84. The van der Waals surface area contributed by atoms with E-state index in [1.165, 1.54) is 6.42 Å². The lowest BCUT2D eigenvalue weighted by molar-refractivity contribution is -0.00549. The van der Waals surface area contributed by atoms with Crippen LogP contribution in [0.25, 0.3) is 11.5 Å². The number of nitrogens with two attached hydrogens (primary N) is 1. The highest BCUT2D eigenvalue weighted by Gasteiger charge is 2.21. The minimum atomic E-state index is -0.372. The predicted octanol–water partition coefficient (Wildman–Crippen LogP) is 3.27. The van der Waals surface area contributed by atoms with Crippen LogP contribution >= 0.6 is 11.6 Å². The van der Waals surface area contributed by atoms with Crippen molar-refractivity contribution in [2.45, 2.75) is 38.3 Å². The molecule has 0 amide bonds. The molecule has 1 saturated carbocycles. The molecule has 0 bridgehead atoms. The van der Waals surface area contributed by atoms with Crippen LogP contribution < -0.4 is 5.73 Å². The lowest BCUT2D eigenvalue weighted by Crippen LogP contribution is -2.27. The standard InChI is InChI=1S/C15H18ClN3O2/c1-9-5-10(7-11(16)6-9)15-18-14(19-21-15)13(17)8-20-12-3-2-4-12/h5-7,12-13H,2-4,8,17H2,1H3. The highest BCUT2D eigenvalue weighted by Crippen LogP contribution is 2.25. The first-order valence-electron chi connectivity index (χ1n) is 7.10. The van der Waals surface area contributed by atoms with Crippen LogP contribution in [0.5, 0.6) is 0 Å². The molecule has 1 unspecified atom stereocenters. The zero-order valence-electron chi connectivity index (χ0n) is 11.9. The number of benzene rings is 1. The molecule has 1 atom stereocenters. The van der Waals surface area contributed by atoms with Gasteiger partial charge in [-0.25, -0.2) is 0 Å². The fourth-order valence-corrected chi connectivity index (χ4v) is 2.50. The van der Waals surface area contributed by atoms with E-state index in [1.807, 2.05) is 19.1 Å². The molecule has 1 heterocycles. The van der Waals surface area contributed by atoms with Crippen molar-refractivity contribution in [3.05, 3.63) is 34.6 Å². The average Bonchev–Trinajstić information content (AvgIpc) is 2.85. The molecule has 112 valence electrons. The number of aromatic nitrogens is 2. The number of halogens is 1. The van der Waals surface area contributed by atoms with Crippen molar-refractivity contribution in [1.82, 2.24) is 10.1 Å². The third kappa shape index (κ3) is 3.43. The Bertz CT molecular complexity index is 605. The van der Waals surface area contributed by atoms with Crippen LogP contribution in [0.3, 0.4) is 0 Å². The molecule has 2 aromatic rings. The second-order valence-corrected chi connectivity index (χ2v) is 5.90. The Morgan fingerprint density at radius 1 is 1.43 bits per heavy atom. The van der Waals surface area contributed by atoms with Gasteiger partial charge in [-0.1, -0.05) is 16.8 Å². The van der Waals surface area contributed by atoms with E-state index in [0.717, 1.165) is 24.0 Å². The van der Waals surface area contributed by atoms with Gasteiger partial charge in [0.2, 0.25) is 0 Å². The highest BCUT2D eigenvalue weighted by molar-refractivity contribution is 6.30. The van der Waals surface area contributed by atoms with Crippen molar-refractivity contribution in [2.75, 3.05) is 6.61 Å². The third-order valence-electron chi connectivity index (χ3n) is 3.63. The molecule has 0 saturated heterocycles. The number of rotatable bonds is 5. The van der Waals surface area contributed by atoms with Crippen LogP contribution in [0.2, 0.25) is 5.02 Å². The molecule has 5 nitrogen and oxygen atoms in total. The molecule has 3 rings (SSSR count). The molecule has 1 aromatic heterocycles. The summed E-state index contributed by atoms with van der Waals surface area (Å²) in [5.74, 6) is 0.886. The van der Waals surface area contributed by atoms with Gasteiger partial charge in [-0.2, -0.15) is 4.98 Å². The van der Waals surface area contributed by atoms with Gasteiger partial charge in [-0.05, 0) is 49.9 Å². The van der Waals surface area contributed by atoms with Crippen molar-refractivity contribution in [1.29, 1.82) is 0 Å². The Morgan fingerprint density at radius 3 is 2.90 bits per heavy atom. The fourth-order valence-electron chi connectivity index (χ4n) is 2.21. The molecule has 21 heavy (non-hydrogen) atoms. The summed E-state index contributed by atoms with van der Waals surface area (Å²) in [6.45, 7) is 2.38. The van der Waals surface area contributed by atoms with E-state index in [2.05, 4.69) is 10.1 Å². The zero-order chi connectivity index (χ0) is 14.8. The molecule has 0 aliphatic heterocycles. The van der Waals surface area contributed by atoms with Crippen LogP contribution in [0.15, 0.2) is 22.7 Å². The minimum absolute atomic E-state index is 0.345. The summed E-state index contributed by atoms with van der Waals surface area (Å²) in [5, 5.41) is 4.58. The molecule has 6 heteroatoms. The van der Waals surface area contributed by atoms with Crippen LogP contribution in [-0.2, 0) is 4.74 Å². The summed E-state index contributed by atoms with van der Waals surface area (Å²) in [5.41, 5.74) is 7.87. The summed E-state index contributed by atoms with van der Waals surface area (Å²) in [6.07, 6.45) is 3.82. The Balaban J connectivity index is 1.69. The second kappa shape index (κ2) is 6.13. The van der Waals surface area contributed by atoms with Crippen LogP contribution in [0, 0.1) is 6.92 Å². The maximum Gasteiger partial charge on any atom is 0.258 e. The van der Waals surface area contributed by atoms with Crippen molar-refractivity contribution in [2.24, 2.45) is 5.73 Å². The first-order valence-corrected chi connectivity index (χ1v) is 7.48. The van der Waals surface area contributed by atoms with E-state index < -0.39 is 0 Å². The fraction of sp³-hybridized carbons (Fsp3) is 0.467. The summed E-state index contributed by atoms with van der Waals surface area (Å²) in [7, 11) is 0. The summed E-state index contributed by atoms with van der Waals surface area (Å²) >= 11 is 6.04. The monoisotopic (exact) mass is 307 g/mol.